The third-order valence-corrected chi connectivity index (χ3v) is 4.79. The van der Waals surface area contributed by atoms with E-state index in [0.29, 0.717) is 10.7 Å². The summed E-state index contributed by atoms with van der Waals surface area (Å²) in [5, 5.41) is 3.39. The number of amides is 1. The van der Waals surface area contributed by atoms with Gasteiger partial charge in [0.15, 0.2) is 0 Å². The van der Waals surface area contributed by atoms with Gasteiger partial charge in [-0.2, -0.15) is 0 Å². The van der Waals surface area contributed by atoms with Gasteiger partial charge in [0.2, 0.25) is 5.91 Å². The Morgan fingerprint density at radius 3 is 2.13 bits per heavy atom. The number of para-hydroxylation sites is 1. The molecule has 1 fully saturated rings. The van der Waals surface area contributed by atoms with Crippen LogP contribution in [-0.2, 0) is 14.1 Å². The van der Waals surface area contributed by atoms with Crippen LogP contribution in [0.15, 0.2) is 18.2 Å². The van der Waals surface area contributed by atoms with Gasteiger partial charge in [-0.05, 0) is 33.8 Å². The number of hydrogen-bond acceptors (Lipinski definition) is 3. The van der Waals surface area contributed by atoms with Gasteiger partial charge in [-0.25, -0.2) is 0 Å². The van der Waals surface area contributed by atoms with Crippen molar-refractivity contribution >= 4 is 35.8 Å². The lowest BCUT2D eigenvalue weighted by Gasteiger charge is -2.32. The van der Waals surface area contributed by atoms with Crippen LogP contribution in [0.4, 0.5) is 5.69 Å². The van der Waals surface area contributed by atoms with Gasteiger partial charge in [0.25, 0.3) is 0 Å². The Morgan fingerprint density at radius 2 is 1.65 bits per heavy atom. The molecule has 1 aliphatic heterocycles. The van der Waals surface area contributed by atoms with Crippen molar-refractivity contribution in [3.8, 4) is 0 Å². The van der Waals surface area contributed by atoms with E-state index in [1.807, 2.05) is 60.6 Å². The molecule has 1 aliphatic rings. The molecule has 126 valence electrons. The minimum absolute atomic E-state index is 0.108. The Morgan fingerprint density at radius 1 is 1.13 bits per heavy atom. The number of hydrogen-bond donors (Lipinski definition) is 1. The van der Waals surface area contributed by atoms with Crippen LogP contribution >= 0.6 is 11.6 Å². The summed E-state index contributed by atoms with van der Waals surface area (Å²) < 4.78 is 12.2. The van der Waals surface area contributed by atoms with E-state index in [9.17, 15) is 4.79 Å². The highest BCUT2D eigenvalue weighted by Crippen LogP contribution is 2.37. The summed E-state index contributed by atoms with van der Waals surface area (Å²) in [6.07, 6.45) is 0. The summed E-state index contributed by atoms with van der Waals surface area (Å²) in [7, 11) is -0.575. The average molecular weight is 338 g/mol. The fourth-order valence-corrected chi connectivity index (χ4v) is 2.37. The Kier molecular flexibility index (Phi) is 4.61. The molecule has 0 saturated carbocycles. The van der Waals surface area contributed by atoms with Crippen LogP contribution in [0.2, 0.25) is 5.02 Å². The molecule has 2 rings (SSSR count). The maximum Gasteiger partial charge on any atom is 0.497 e. The zero-order chi connectivity index (χ0) is 17.6. The van der Waals surface area contributed by atoms with E-state index in [4.69, 9.17) is 20.9 Å². The Labute approximate surface area is 144 Å². The minimum Gasteiger partial charge on any atom is -0.399 e. The molecule has 0 aliphatic carbocycles. The fourth-order valence-electron chi connectivity index (χ4n) is 2.14. The summed E-state index contributed by atoms with van der Waals surface area (Å²) >= 11 is 6.32. The first-order chi connectivity index (χ1) is 10.3. The van der Waals surface area contributed by atoms with Crippen molar-refractivity contribution < 1.29 is 14.1 Å². The van der Waals surface area contributed by atoms with Crippen LogP contribution in [0.1, 0.15) is 48.5 Å². The van der Waals surface area contributed by atoms with Crippen molar-refractivity contribution in [1.29, 1.82) is 0 Å². The van der Waals surface area contributed by atoms with Crippen molar-refractivity contribution in [2.24, 2.45) is 5.41 Å². The Balaban J connectivity index is 2.38. The van der Waals surface area contributed by atoms with E-state index in [2.05, 4.69) is 5.32 Å². The summed E-state index contributed by atoms with van der Waals surface area (Å²) in [5.74, 6) is -0.108. The highest BCUT2D eigenvalue weighted by molar-refractivity contribution is 6.64. The largest absolute Gasteiger partial charge is 0.497 e. The van der Waals surface area contributed by atoms with Crippen LogP contribution < -0.4 is 10.8 Å². The third-order valence-electron chi connectivity index (χ3n) is 4.47. The normalized spacial score (nSPS) is 19.7. The Hall–Kier alpha value is -1.04. The number of carbonyl (C=O) groups is 1. The van der Waals surface area contributed by atoms with E-state index < -0.39 is 23.7 Å². The summed E-state index contributed by atoms with van der Waals surface area (Å²) in [6, 6.07) is 5.44. The second kappa shape index (κ2) is 5.80. The first kappa shape index (κ1) is 18.3. The van der Waals surface area contributed by atoms with Gasteiger partial charge >= 0.3 is 7.12 Å². The molecule has 1 heterocycles. The second-order valence-corrected chi connectivity index (χ2v) is 8.40. The highest BCUT2D eigenvalue weighted by atomic mass is 35.5. The fraction of sp³-hybridized carbons (Fsp3) is 0.588. The predicted molar refractivity (Wildman–Crippen MR) is 95.3 cm³/mol. The lowest BCUT2D eigenvalue weighted by Crippen LogP contribution is -2.41. The maximum atomic E-state index is 12.4. The number of halogens is 1. The molecule has 1 saturated heterocycles. The quantitative estimate of drug-likeness (QED) is 0.838. The summed E-state index contributed by atoms with van der Waals surface area (Å²) in [4.78, 5) is 12.4. The molecule has 1 aromatic carbocycles. The zero-order valence-electron chi connectivity index (χ0n) is 14.9. The van der Waals surface area contributed by atoms with Crippen LogP contribution in [-0.4, -0.2) is 24.2 Å². The molecular formula is C17H25BClNO3. The first-order valence-corrected chi connectivity index (χ1v) is 8.18. The molecule has 0 bridgehead atoms. The van der Waals surface area contributed by atoms with Crippen LogP contribution in [0.5, 0.6) is 0 Å². The average Bonchev–Trinajstić information content (AvgIpc) is 2.59. The monoisotopic (exact) mass is 337 g/mol. The van der Waals surface area contributed by atoms with Crippen molar-refractivity contribution in [3.05, 3.63) is 23.2 Å². The maximum absolute atomic E-state index is 12.4. The standard InChI is InChI=1S/C17H25BClNO3/c1-15(2,3)14(21)20-13-11(9-8-10-12(13)19)18-22-16(4,5)17(6,7)23-18/h8-10H,1-7H3,(H,20,21). The van der Waals surface area contributed by atoms with Gasteiger partial charge in [0.05, 0.1) is 21.9 Å². The van der Waals surface area contributed by atoms with Crippen molar-refractivity contribution in [1.82, 2.24) is 0 Å². The molecule has 0 aromatic heterocycles. The SMILES string of the molecule is CC(C)(C)C(=O)Nc1c(Cl)cccc1B1OC(C)(C)C(C)(C)O1. The first-order valence-electron chi connectivity index (χ1n) is 7.81. The number of nitrogens with one attached hydrogen (secondary N) is 1. The third kappa shape index (κ3) is 3.57. The molecular weight excluding hydrogens is 312 g/mol. The van der Waals surface area contributed by atoms with Crippen LogP contribution in [0.3, 0.4) is 0 Å². The van der Waals surface area contributed by atoms with Gasteiger partial charge in [-0.15, -0.1) is 0 Å². The molecule has 0 atom stereocenters. The highest BCUT2D eigenvalue weighted by Gasteiger charge is 2.52. The van der Waals surface area contributed by atoms with Gasteiger partial charge in [-0.1, -0.05) is 44.5 Å². The zero-order valence-corrected chi connectivity index (χ0v) is 15.7. The molecule has 6 heteroatoms. The van der Waals surface area contributed by atoms with E-state index in [1.165, 1.54) is 0 Å². The van der Waals surface area contributed by atoms with Crippen LogP contribution in [0, 0.1) is 5.41 Å². The van der Waals surface area contributed by atoms with Gasteiger partial charge < -0.3 is 14.6 Å². The lowest BCUT2D eigenvalue weighted by molar-refractivity contribution is -0.123. The van der Waals surface area contributed by atoms with E-state index in [-0.39, 0.29) is 5.91 Å². The number of carbonyl (C=O) groups excluding carboxylic acids is 1. The van der Waals surface area contributed by atoms with Crippen LogP contribution in [0.25, 0.3) is 0 Å². The van der Waals surface area contributed by atoms with Crippen molar-refractivity contribution in [2.75, 3.05) is 5.32 Å². The summed E-state index contributed by atoms with van der Waals surface area (Å²) in [6.45, 7) is 13.5. The van der Waals surface area contributed by atoms with E-state index >= 15 is 0 Å². The Bertz CT molecular complexity index is 607. The molecule has 0 radical (unpaired) electrons. The molecule has 0 spiro atoms. The second-order valence-electron chi connectivity index (χ2n) is 8.00. The molecule has 1 amide bonds. The molecule has 1 N–H and O–H groups in total. The topological polar surface area (TPSA) is 47.6 Å². The van der Waals surface area contributed by atoms with Crippen molar-refractivity contribution in [3.63, 3.8) is 0 Å². The number of benzene rings is 1. The molecule has 1 aromatic rings. The molecule has 23 heavy (non-hydrogen) atoms. The lowest BCUT2D eigenvalue weighted by atomic mass is 9.77. The predicted octanol–water partition coefficient (Wildman–Crippen LogP) is 3.62. The number of rotatable bonds is 2. The summed E-state index contributed by atoms with van der Waals surface area (Å²) in [5.41, 5.74) is -0.149. The van der Waals surface area contributed by atoms with E-state index in [1.54, 1.807) is 6.07 Å². The van der Waals surface area contributed by atoms with Gasteiger partial charge in [-0.3, -0.25) is 4.79 Å². The van der Waals surface area contributed by atoms with Gasteiger partial charge in [0.1, 0.15) is 0 Å². The van der Waals surface area contributed by atoms with E-state index in [0.717, 1.165) is 5.46 Å². The smallest absolute Gasteiger partial charge is 0.399 e. The minimum atomic E-state index is -0.575. The molecule has 4 nitrogen and oxygen atoms in total. The number of anilines is 1. The van der Waals surface area contributed by atoms with Crippen molar-refractivity contribution in [2.45, 2.75) is 59.7 Å². The van der Waals surface area contributed by atoms with Gasteiger partial charge in [0, 0.05) is 10.9 Å². The molecule has 0 unspecified atom stereocenters.